The molecule has 39 heavy (non-hydrogen) atoms. The summed E-state index contributed by atoms with van der Waals surface area (Å²) in [6, 6.07) is 15.0. The van der Waals surface area contributed by atoms with E-state index >= 15 is 0 Å². The summed E-state index contributed by atoms with van der Waals surface area (Å²) in [6.45, 7) is 11.7. The second kappa shape index (κ2) is 11.8. The molecule has 3 amide bonds. The lowest BCUT2D eigenvalue weighted by atomic mass is 9.67. The van der Waals surface area contributed by atoms with E-state index in [4.69, 9.17) is 11.6 Å². The molecule has 1 saturated carbocycles. The highest BCUT2D eigenvalue weighted by Gasteiger charge is 2.52. The molecule has 0 bridgehead atoms. The van der Waals surface area contributed by atoms with Gasteiger partial charge in [-0.15, -0.1) is 0 Å². The lowest BCUT2D eigenvalue weighted by Crippen LogP contribution is -2.50. The summed E-state index contributed by atoms with van der Waals surface area (Å²) in [6.07, 6.45) is 4.14. The topological polar surface area (TPSA) is 89.4 Å². The number of amides is 3. The molecule has 2 aliphatic rings. The molecule has 1 heterocycles. The number of rotatable bonds is 7. The van der Waals surface area contributed by atoms with Crippen LogP contribution in [-0.4, -0.2) is 55.1 Å². The van der Waals surface area contributed by atoms with Gasteiger partial charge in [-0.2, -0.15) is 5.10 Å². The number of nitrogens with one attached hydrogen (secondary N) is 2. The zero-order valence-corrected chi connectivity index (χ0v) is 24.1. The van der Waals surface area contributed by atoms with Crippen molar-refractivity contribution in [2.24, 2.45) is 21.4 Å². The van der Waals surface area contributed by atoms with Gasteiger partial charge in [0.1, 0.15) is 5.84 Å². The molecule has 1 spiro atoms. The minimum Gasteiger partial charge on any atom is -0.345 e. The maximum absolute atomic E-state index is 13.9. The maximum atomic E-state index is 13.9. The number of carbonyl (C=O) groups is 2. The van der Waals surface area contributed by atoms with Crippen LogP contribution in [0.3, 0.4) is 0 Å². The van der Waals surface area contributed by atoms with Gasteiger partial charge in [-0.1, -0.05) is 44.5 Å². The third kappa shape index (κ3) is 6.44. The van der Waals surface area contributed by atoms with Gasteiger partial charge in [0, 0.05) is 36.6 Å². The van der Waals surface area contributed by atoms with E-state index in [9.17, 15) is 9.59 Å². The highest BCUT2D eigenvalue weighted by molar-refractivity contribution is 6.30. The Morgan fingerprint density at radius 3 is 2.31 bits per heavy atom. The molecule has 2 fully saturated rings. The molecule has 4 rings (SSSR count). The molecule has 2 aromatic rings. The van der Waals surface area contributed by atoms with Gasteiger partial charge in [0.05, 0.1) is 18.6 Å². The van der Waals surface area contributed by atoms with Gasteiger partial charge in [0.2, 0.25) is 0 Å². The number of halogens is 1. The lowest BCUT2D eigenvalue weighted by Gasteiger charge is -2.45. The average Bonchev–Trinajstić information content (AvgIpc) is 3.17. The first-order valence-corrected chi connectivity index (χ1v) is 13.8. The number of aliphatic imine (C=N–C) groups is 1. The van der Waals surface area contributed by atoms with Crippen molar-refractivity contribution < 1.29 is 9.59 Å². The van der Waals surface area contributed by atoms with Gasteiger partial charge in [0.25, 0.3) is 5.91 Å². The first-order chi connectivity index (χ1) is 18.6. The molecular weight excluding hydrogens is 512 g/mol. The molecule has 2 N–H and O–H groups in total. The van der Waals surface area contributed by atoms with E-state index in [0.29, 0.717) is 35.4 Å². The Balaban J connectivity index is 1.52. The van der Waals surface area contributed by atoms with Crippen LogP contribution in [0.5, 0.6) is 0 Å². The zero-order valence-electron chi connectivity index (χ0n) is 23.3. The first kappa shape index (κ1) is 28.6. The highest BCUT2D eigenvalue weighted by Crippen LogP contribution is 2.47. The molecule has 9 heteroatoms. The van der Waals surface area contributed by atoms with Crippen molar-refractivity contribution in [3.63, 3.8) is 0 Å². The van der Waals surface area contributed by atoms with Gasteiger partial charge in [-0.3, -0.25) is 20.1 Å². The fraction of sp³-hybridized carbons (Fsp3) is 0.467. The molecule has 0 unspecified atom stereocenters. The molecule has 2 aromatic carbocycles. The van der Waals surface area contributed by atoms with Crippen LogP contribution in [0.4, 0.5) is 10.5 Å². The number of anilines is 1. The number of hydrogen-bond donors (Lipinski definition) is 2. The second-order valence-electron chi connectivity index (χ2n) is 11.6. The quantitative estimate of drug-likeness (QED) is 0.262. The van der Waals surface area contributed by atoms with Crippen LogP contribution in [0, 0.1) is 11.3 Å². The van der Waals surface area contributed by atoms with E-state index in [2.05, 4.69) is 53.2 Å². The van der Waals surface area contributed by atoms with Crippen LogP contribution in [0.2, 0.25) is 5.02 Å². The number of nitrogens with zero attached hydrogens (tertiary/aromatic N) is 4. The highest BCUT2D eigenvalue weighted by atomic mass is 35.5. The Kier molecular flexibility index (Phi) is 8.64. The van der Waals surface area contributed by atoms with E-state index < -0.39 is 0 Å². The van der Waals surface area contributed by atoms with Crippen molar-refractivity contribution in [2.75, 3.05) is 25.0 Å². The number of benzene rings is 2. The van der Waals surface area contributed by atoms with Crippen LogP contribution in [-0.2, 0) is 6.54 Å². The number of hydrazone groups is 1. The Morgan fingerprint density at radius 2 is 1.74 bits per heavy atom. The van der Waals surface area contributed by atoms with Gasteiger partial charge in [-0.25, -0.2) is 4.79 Å². The molecule has 1 saturated heterocycles. The average molecular weight is 551 g/mol. The Labute approximate surface area is 236 Å². The third-order valence-electron chi connectivity index (χ3n) is 8.22. The number of hydrogen-bond acceptors (Lipinski definition) is 4. The zero-order chi connectivity index (χ0) is 28.2. The van der Waals surface area contributed by atoms with Crippen molar-refractivity contribution in [3.05, 3.63) is 64.7 Å². The van der Waals surface area contributed by atoms with E-state index in [-0.39, 0.29) is 29.4 Å². The van der Waals surface area contributed by atoms with Crippen molar-refractivity contribution >= 4 is 41.8 Å². The maximum Gasteiger partial charge on any atom is 0.325 e. The number of amidine groups is 1. The fourth-order valence-electron chi connectivity index (χ4n) is 5.77. The molecule has 1 aliphatic heterocycles. The predicted molar refractivity (Wildman–Crippen MR) is 159 cm³/mol. The largest absolute Gasteiger partial charge is 0.345 e. The van der Waals surface area contributed by atoms with E-state index in [1.165, 1.54) is 0 Å². The fourth-order valence-corrected chi connectivity index (χ4v) is 5.90. The molecule has 0 radical (unpaired) electrons. The summed E-state index contributed by atoms with van der Waals surface area (Å²) in [5.41, 5.74) is 5.07. The standard InChI is InChI=1S/C30H39ClN6O2/c1-29(2,3)23-14-16-30(17-15-23)20-36(25-12-10-24(31)11-13-25)28(39)37(30)19-21-6-8-22(9-7-21)27(38)34-18-26(32-4)35-33-5/h6-13,23H,5,14-20H2,1-4H3,(H,32,35)(H,34,38). The van der Waals surface area contributed by atoms with Crippen molar-refractivity contribution in [1.29, 1.82) is 0 Å². The van der Waals surface area contributed by atoms with Crippen LogP contribution in [0.15, 0.2) is 58.6 Å². The van der Waals surface area contributed by atoms with Gasteiger partial charge in [0.15, 0.2) is 0 Å². The Morgan fingerprint density at radius 1 is 1.10 bits per heavy atom. The minimum atomic E-state index is -0.226. The van der Waals surface area contributed by atoms with Crippen LogP contribution < -0.4 is 15.6 Å². The lowest BCUT2D eigenvalue weighted by molar-refractivity contribution is 0.0631. The first-order valence-electron chi connectivity index (χ1n) is 13.5. The summed E-state index contributed by atoms with van der Waals surface area (Å²) >= 11 is 6.13. The van der Waals surface area contributed by atoms with Crippen molar-refractivity contribution in [1.82, 2.24) is 15.6 Å². The second-order valence-corrected chi connectivity index (χ2v) is 12.1. The predicted octanol–water partition coefficient (Wildman–Crippen LogP) is 5.72. The Bertz CT molecular complexity index is 1210. The third-order valence-corrected chi connectivity index (χ3v) is 8.47. The molecule has 8 nitrogen and oxygen atoms in total. The van der Waals surface area contributed by atoms with E-state index in [1.807, 2.05) is 41.3 Å². The number of carbonyl (C=O) groups excluding carboxylic acids is 2. The summed E-state index contributed by atoms with van der Waals surface area (Å²) in [5, 5.41) is 7.06. The minimum absolute atomic E-state index is 0.0167. The smallest absolute Gasteiger partial charge is 0.325 e. The van der Waals surface area contributed by atoms with Gasteiger partial charge < -0.3 is 10.2 Å². The molecule has 0 aromatic heterocycles. The molecule has 208 valence electrons. The van der Waals surface area contributed by atoms with Crippen LogP contribution in [0.1, 0.15) is 62.4 Å². The number of urea groups is 1. The van der Waals surface area contributed by atoms with Gasteiger partial charge >= 0.3 is 6.03 Å². The SMILES string of the molecule is C=NNC(CNC(=O)c1ccc(CN2C(=O)N(c3ccc(Cl)cc3)CC23CCC(C(C)(C)C)CC3)cc1)=NC. The van der Waals surface area contributed by atoms with E-state index in [1.54, 1.807) is 19.2 Å². The van der Waals surface area contributed by atoms with Crippen molar-refractivity contribution in [2.45, 2.75) is 58.5 Å². The summed E-state index contributed by atoms with van der Waals surface area (Å²) in [4.78, 5) is 34.5. The summed E-state index contributed by atoms with van der Waals surface area (Å²) < 4.78 is 0. The normalized spacial score (nSPS) is 21.8. The molecule has 1 aliphatic carbocycles. The summed E-state index contributed by atoms with van der Waals surface area (Å²) in [7, 11) is 1.62. The van der Waals surface area contributed by atoms with Gasteiger partial charge in [-0.05, 0) is 79.0 Å². The van der Waals surface area contributed by atoms with Crippen LogP contribution >= 0.6 is 11.6 Å². The Hall–Kier alpha value is -3.39. The van der Waals surface area contributed by atoms with Crippen LogP contribution in [0.25, 0.3) is 0 Å². The monoisotopic (exact) mass is 550 g/mol. The molecular formula is C30H39ClN6O2. The molecule has 0 atom stereocenters. The van der Waals surface area contributed by atoms with Crippen molar-refractivity contribution in [3.8, 4) is 0 Å². The van der Waals surface area contributed by atoms with E-state index in [0.717, 1.165) is 36.9 Å². The summed E-state index contributed by atoms with van der Waals surface area (Å²) in [5.74, 6) is 0.939.